The van der Waals surface area contributed by atoms with E-state index in [0.717, 1.165) is 35.3 Å². The van der Waals surface area contributed by atoms with E-state index in [-0.39, 0.29) is 0 Å². The fourth-order valence-corrected chi connectivity index (χ4v) is 2.35. The Balaban J connectivity index is 0.000000161. The van der Waals surface area contributed by atoms with Crippen molar-refractivity contribution in [3.05, 3.63) is 96.6 Å². The molecule has 0 atom stereocenters. The van der Waals surface area contributed by atoms with E-state index in [1.54, 1.807) is 36.7 Å². The van der Waals surface area contributed by atoms with Crippen LogP contribution in [0.25, 0.3) is 22.8 Å². The monoisotopic (exact) mass is 368 g/mol. The van der Waals surface area contributed by atoms with Crippen molar-refractivity contribution in [1.82, 2.24) is 19.9 Å². The number of hydrogen-bond donors (Lipinski definition) is 0. The van der Waals surface area contributed by atoms with E-state index >= 15 is 0 Å². The van der Waals surface area contributed by atoms with Crippen LogP contribution in [0.4, 0.5) is 0 Å². The summed E-state index contributed by atoms with van der Waals surface area (Å²) in [4.78, 5) is 37.6. The Morgan fingerprint density at radius 1 is 0.500 bits per heavy atom. The van der Waals surface area contributed by atoms with Gasteiger partial charge in [-0.3, -0.25) is 19.6 Å². The second kappa shape index (κ2) is 9.59. The van der Waals surface area contributed by atoms with Crippen LogP contribution in [0.15, 0.2) is 85.2 Å². The first-order valence-corrected chi connectivity index (χ1v) is 8.47. The first-order valence-electron chi connectivity index (χ1n) is 8.47. The van der Waals surface area contributed by atoms with E-state index in [9.17, 15) is 9.59 Å². The van der Waals surface area contributed by atoms with E-state index in [1.807, 2.05) is 48.5 Å². The third-order valence-corrected chi connectivity index (χ3v) is 3.64. The van der Waals surface area contributed by atoms with Gasteiger partial charge < -0.3 is 0 Å². The Labute approximate surface area is 162 Å². The summed E-state index contributed by atoms with van der Waals surface area (Å²) in [5, 5.41) is 0. The van der Waals surface area contributed by atoms with Crippen LogP contribution >= 0.6 is 0 Å². The van der Waals surface area contributed by atoms with Crippen molar-refractivity contribution in [2.24, 2.45) is 0 Å². The highest BCUT2D eigenvalue weighted by Gasteiger charge is 2.01. The molecule has 136 valence electrons. The van der Waals surface area contributed by atoms with Gasteiger partial charge in [0.15, 0.2) is 12.6 Å². The molecule has 4 rings (SSSR count). The molecule has 0 bridgehead atoms. The van der Waals surface area contributed by atoms with Gasteiger partial charge in [-0.15, -0.1) is 0 Å². The average Bonchev–Trinajstić information content (AvgIpc) is 2.81. The fraction of sp³-hybridized carbons (Fsp3) is 0. The molecule has 4 heterocycles. The quantitative estimate of drug-likeness (QED) is 0.508. The molecule has 0 aliphatic rings. The summed E-state index contributed by atoms with van der Waals surface area (Å²) in [6, 6.07) is 21.7. The number of hydrogen-bond acceptors (Lipinski definition) is 6. The molecular formula is C22H16N4O2. The fourth-order valence-electron chi connectivity index (χ4n) is 2.35. The standard InChI is InChI=1S/2C11H8N2O/c2*14-8-9-4-3-6-11(13-9)10-5-1-2-7-12-10/h2*1-8H. The molecule has 0 aromatic carbocycles. The Morgan fingerprint density at radius 3 is 1.29 bits per heavy atom. The van der Waals surface area contributed by atoms with Crippen molar-refractivity contribution in [2.75, 3.05) is 0 Å². The van der Waals surface area contributed by atoms with Gasteiger partial charge in [0.2, 0.25) is 0 Å². The number of rotatable bonds is 4. The molecule has 28 heavy (non-hydrogen) atoms. The van der Waals surface area contributed by atoms with Crippen LogP contribution in [0.5, 0.6) is 0 Å². The molecular weight excluding hydrogens is 352 g/mol. The lowest BCUT2D eigenvalue weighted by Gasteiger charge is -1.98. The van der Waals surface area contributed by atoms with Crippen LogP contribution in [0.2, 0.25) is 0 Å². The number of pyridine rings is 4. The molecule has 0 aliphatic carbocycles. The maximum absolute atomic E-state index is 10.5. The van der Waals surface area contributed by atoms with E-state index < -0.39 is 0 Å². The first-order chi connectivity index (χ1) is 13.8. The summed E-state index contributed by atoms with van der Waals surface area (Å²) in [6.45, 7) is 0. The van der Waals surface area contributed by atoms with Crippen molar-refractivity contribution in [3.63, 3.8) is 0 Å². The van der Waals surface area contributed by atoms with E-state index in [2.05, 4.69) is 19.9 Å². The predicted molar refractivity (Wildman–Crippen MR) is 106 cm³/mol. The molecule has 0 radical (unpaired) electrons. The largest absolute Gasteiger partial charge is 0.296 e. The smallest absolute Gasteiger partial charge is 0.168 e. The topological polar surface area (TPSA) is 85.7 Å². The van der Waals surface area contributed by atoms with Crippen molar-refractivity contribution >= 4 is 12.6 Å². The summed E-state index contributed by atoms with van der Waals surface area (Å²) in [7, 11) is 0. The maximum atomic E-state index is 10.5. The van der Waals surface area contributed by atoms with Crippen molar-refractivity contribution < 1.29 is 9.59 Å². The summed E-state index contributed by atoms with van der Waals surface area (Å²) < 4.78 is 0. The Kier molecular flexibility index (Phi) is 6.41. The zero-order chi connectivity index (χ0) is 19.6. The lowest BCUT2D eigenvalue weighted by atomic mass is 10.2. The minimum absolute atomic E-state index is 0.424. The number of aldehydes is 2. The Morgan fingerprint density at radius 2 is 0.929 bits per heavy atom. The number of carbonyl (C=O) groups excluding carboxylic acids is 2. The molecule has 6 nitrogen and oxygen atoms in total. The van der Waals surface area contributed by atoms with Crippen LogP contribution in [0.3, 0.4) is 0 Å². The van der Waals surface area contributed by atoms with Crippen LogP contribution in [0.1, 0.15) is 21.0 Å². The highest BCUT2D eigenvalue weighted by Crippen LogP contribution is 2.13. The van der Waals surface area contributed by atoms with Gasteiger partial charge in [0.05, 0.1) is 22.8 Å². The molecule has 0 N–H and O–H groups in total. The van der Waals surface area contributed by atoms with Gasteiger partial charge in [0.1, 0.15) is 11.4 Å². The zero-order valence-corrected chi connectivity index (χ0v) is 14.8. The molecule has 0 unspecified atom stereocenters. The number of nitrogens with zero attached hydrogens (tertiary/aromatic N) is 4. The van der Waals surface area contributed by atoms with E-state index in [0.29, 0.717) is 11.4 Å². The van der Waals surface area contributed by atoms with Gasteiger partial charge >= 0.3 is 0 Å². The number of aromatic nitrogens is 4. The molecule has 4 aromatic rings. The van der Waals surface area contributed by atoms with Crippen LogP contribution in [-0.2, 0) is 0 Å². The summed E-state index contributed by atoms with van der Waals surface area (Å²) in [5.41, 5.74) is 3.83. The minimum Gasteiger partial charge on any atom is -0.296 e. The molecule has 6 heteroatoms. The average molecular weight is 368 g/mol. The molecule has 0 spiro atoms. The molecule has 0 amide bonds. The summed E-state index contributed by atoms with van der Waals surface area (Å²) in [5.74, 6) is 0. The van der Waals surface area contributed by atoms with Gasteiger partial charge in [-0.25, -0.2) is 9.97 Å². The highest BCUT2D eigenvalue weighted by atomic mass is 16.1. The van der Waals surface area contributed by atoms with Gasteiger partial charge in [0, 0.05) is 12.4 Å². The van der Waals surface area contributed by atoms with E-state index in [4.69, 9.17) is 0 Å². The molecule has 0 aliphatic heterocycles. The maximum Gasteiger partial charge on any atom is 0.168 e. The zero-order valence-electron chi connectivity index (χ0n) is 14.8. The van der Waals surface area contributed by atoms with Crippen LogP contribution in [0, 0.1) is 0 Å². The summed E-state index contributed by atoms with van der Waals surface area (Å²) >= 11 is 0. The molecule has 4 aromatic heterocycles. The third-order valence-electron chi connectivity index (χ3n) is 3.64. The van der Waals surface area contributed by atoms with Crippen molar-refractivity contribution in [2.45, 2.75) is 0 Å². The molecule has 0 saturated carbocycles. The Bertz CT molecular complexity index is 967. The SMILES string of the molecule is O=Cc1cccc(-c2ccccn2)n1.O=Cc1cccc(-c2ccccn2)n1. The van der Waals surface area contributed by atoms with Gasteiger partial charge in [-0.05, 0) is 48.5 Å². The molecule has 0 fully saturated rings. The minimum atomic E-state index is 0.424. The van der Waals surface area contributed by atoms with Crippen LogP contribution < -0.4 is 0 Å². The Hall–Kier alpha value is -4.06. The predicted octanol–water partition coefficient (Wildman–Crippen LogP) is 3.91. The van der Waals surface area contributed by atoms with Gasteiger partial charge in [-0.1, -0.05) is 24.3 Å². The van der Waals surface area contributed by atoms with E-state index in [1.165, 1.54) is 0 Å². The lowest BCUT2D eigenvalue weighted by molar-refractivity contribution is 0.111. The number of carbonyl (C=O) groups is 2. The van der Waals surface area contributed by atoms with Gasteiger partial charge in [-0.2, -0.15) is 0 Å². The second-order valence-corrected chi connectivity index (χ2v) is 5.56. The second-order valence-electron chi connectivity index (χ2n) is 5.56. The van der Waals surface area contributed by atoms with Gasteiger partial charge in [0.25, 0.3) is 0 Å². The first kappa shape index (κ1) is 18.7. The third kappa shape index (κ3) is 4.98. The van der Waals surface area contributed by atoms with Crippen LogP contribution in [-0.4, -0.2) is 32.5 Å². The molecule has 0 saturated heterocycles. The highest BCUT2D eigenvalue weighted by molar-refractivity contribution is 5.73. The lowest BCUT2D eigenvalue weighted by Crippen LogP contribution is -1.90. The van der Waals surface area contributed by atoms with Crippen molar-refractivity contribution in [1.29, 1.82) is 0 Å². The summed E-state index contributed by atoms with van der Waals surface area (Å²) in [6.07, 6.45) is 4.86. The normalized spacial score (nSPS) is 9.71. The van der Waals surface area contributed by atoms with Crippen molar-refractivity contribution in [3.8, 4) is 22.8 Å².